The van der Waals surface area contributed by atoms with Crippen molar-refractivity contribution in [2.45, 2.75) is 79.0 Å². The highest BCUT2D eigenvalue weighted by molar-refractivity contribution is 9.10. The second-order valence-corrected chi connectivity index (χ2v) is 13.9. The van der Waals surface area contributed by atoms with E-state index >= 15 is 0 Å². The molecular weight excluding hydrogens is 474 g/mol. The summed E-state index contributed by atoms with van der Waals surface area (Å²) in [6.07, 6.45) is 3.47. The number of aromatic nitrogens is 1. The topological polar surface area (TPSA) is 22.1 Å². The normalized spacial score (nSPS) is 12.3. The third kappa shape index (κ3) is 6.52. The Bertz CT molecular complexity index is 1070. The van der Waals surface area contributed by atoms with Crippen molar-refractivity contribution in [2.24, 2.45) is 5.92 Å². The minimum atomic E-state index is -1.10. The Morgan fingerprint density at radius 3 is 2.44 bits per heavy atom. The Hall–Kier alpha value is -1.49. The van der Waals surface area contributed by atoms with E-state index in [9.17, 15) is 0 Å². The van der Waals surface area contributed by atoms with E-state index in [1.807, 2.05) is 0 Å². The molecule has 0 unspecified atom stereocenters. The molecule has 0 aliphatic carbocycles. The molecule has 2 nitrogen and oxygen atoms in total. The maximum atomic E-state index is 6.16. The predicted molar refractivity (Wildman–Crippen MR) is 145 cm³/mol. The van der Waals surface area contributed by atoms with E-state index in [1.165, 1.54) is 46.2 Å². The van der Waals surface area contributed by atoms with Gasteiger partial charge in [0.05, 0.1) is 12.1 Å². The average molecular weight is 513 g/mol. The maximum Gasteiger partial charge on any atom is 0.171 e. The number of nitrogens with zero attached hydrogens (tertiary/aromatic N) is 1. The molecule has 32 heavy (non-hydrogen) atoms. The van der Waals surface area contributed by atoms with Crippen molar-refractivity contribution < 1.29 is 4.43 Å². The van der Waals surface area contributed by atoms with E-state index < -0.39 is 9.04 Å². The highest BCUT2D eigenvalue weighted by Crippen LogP contribution is 2.35. The Kier molecular flexibility index (Phi) is 8.35. The molecule has 3 aromatic rings. The van der Waals surface area contributed by atoms with Gasteiger partial charge in [-0.2, -0.15) is 0 Å². The van der Waals surface area contributed by atoms with Crippen molar-refractivity contribution in [1.29, 1.82) is 0 Å². The summed E-state index contributed by atoms with van der Waals surface area (Å²) in [7, 11) is -1.10. The summed E-state index contributed by atoms with van der Waals surface area (Å²) in [6.45, 7) is 16.5. The summed E-state index contributed by atoms with van der Waals surface area (Å²) in [5, 5.41) is 1.17. The third-order valence-corrected chi connectivity index (χ3v) is 7.31. The first-order chi connectivity index (χ1) is 15.0. The van der Waals surface area contributed by atoms with Gasteiger partial charge in [0.1, 0.15) is 0 Å². The molecular formula is C28H38BrNOSi. The minimum absolute atomic E-state index is 0.113. The molecule has 0 saturated carbocycles. The molecule has 0 fully saturated rings. The minimum Gasteiger partial charge on any atom is -0.416 e. The van der Waals surface area contributed by atoms with Crippen LogP contribution >= 0.6 is 15.9 Å². The van der Waals surface area contributed by atoms with Crippen molar-refractivity contribution in [3.8, 4) is 11.1 Å². The fourth-order valence-electron chi connectivity index (χ4n) is 3.94. The lowest BCUT2D eigenvalue weighted by Gasteiger charge is -2.22. The van der Waals surface area contributed by atoms with E-state index in [4.69, 9.17) is 9.41 Å². The smallest absolute Gasteiger partial charge is 0.171 e. The van der Waals surface area contributed by atoms with Crippen molar-refractivity contribution in [1.82, 2.24) is 4.98 Å². The van der Waals surface area contributed by atoms with Gasteiger partial charge >= 0.3 is 0 Å². The van der Waals surface area contributed by atoms with Crippen molar-refractivity contribution in [3.05, 3.63) is 63.8 Å². The van der Waals surface area contributed by atoms with Gasteiger partial charge in [-0.05, 0) is 93.7 Å². The van der Waals surface area contributed by atoms with Crippen LogP contribution in [0.15, 0.2) is 46.9 Å². The monoisotopic (exact) mass is 511 g/mol. The van der Waals surface area contributed by atoms with Crippen molar-refractivity contribution in [3.63, 3.8) is 0 Å². The van der Waals surface area contributed by atoms with Gasteiger partial charge in [-0.3, -0.25) is 4.98 Å². The van der Waals surface area contributed by atoms with Crippen molar-refractivity contribution in [2.75, 3.05) is 0 Å². The Morgan fingerprint density at radius 1 is 1.03 bits per heavy atom. The van der Waals surface area contributed by atoms with Crippen LogP contribution in [0.3, 0.4) is 0 Å². The zero-order valence-corrected chi connectivity index (χ0v) is 23.5. The molecule has 0 saturated heterocycles. The van der Waals surface area contributed by atoms with E-state index in [1.54, 1.807) is 0 Å². The van der Waals surface area contributed by atoms with Crippen LogP contribution in [-0.2, 0) is 22.9 Å². The van der Waals surface area contributed by atoms with E-state index in [0.29, 0.717) is 6.61 Å². The highest BCUT2D eigenvalue weighted by atomic mass is 79.9. The molecule has 2 aromatic carbocycles. The van der Waals surface area contributed by atoms with Crippen LogP contribution < -0.4 is 0 Å². The molecule has 172 valence electrons. The van der Waals surface area contributed by atoms with Crippen LogP contribution in [0.5, 0.6) is 0 Å². The zero-order valence-electron chi connectivity index (χ0n) is 20.8. The largest absolute Gasteiger partial charge is 0.416 e. The molecule has 0 aliphatic rings. The van der Waals surface area contributed by atoms with Gasteiger partial charge in [0, 0.05) is 15.6 Å². The molecule has 1 aromatic heterocycles. The standard InChI is InChI=1S/C28H38BrNOSi/c1-19(2)9-8-10-24-13-11-20-15-21(17-26(29)27(20)30-24)25-14-12-23(28(3,4)5)16-22(25)18-31-32(6)7/h11-17,19,32H,8-10,18H2,1-7H3. The molecule has 0 atom stereocenters. The van der Waals surface area contributed by atoms with Crippen LogP contribution in [-0.4, -0.2) is 14.0 Å². The van der Waals surface area contributed by atoms with E-state index in [-0.39, 0.29) is 5.41 Å². The second-order valence-electron chi connectivity index (χ2n) is 10.6. The van der Waals surface area contributed by atoms with Crippen LogP contribution in [0.1, 0.15) is 64.3 Å². The number of benzene rings is 2. The van der Waals surface area contributed by atoms with E-state index in [2.05, 4.69) is 106 Å². The van der Waals surface area contributed by atoms with Crippen LogP contribution in [0.4, 0.5) is 0 Å². The van der Waals surface area contributed by atoms with Gasteiger partial charge in [-0.1, -0.05) is 65.3 Å². The van der Waals surface area contributed by atoms with Crippen LogP contribution in [0.2, 0.25) is 13.1 Å². The number of hydrogen-bond donors (Lipinski definition) is 0. The molecule has 0 bridgehead atoms. The molecule has 0 aliphatic heterocycles. The zero-order chi connectivity index (χ0) is 23.5. The Labute approximate surface area is 204 Å². The lowest BCUT2D eigenvalue weighted by Crippen LogP contribution is -2.13. The summed E-state index contributed by atoms with van der Waals surface area (Å²) in [5.41, 5.74) is 7.41. The number of hydrogen-bond acceptors (Lipinski definition) is 2. The number of rotatable bonds is 8. The summed E-state index contributed by atoms with van der Waals surface area (Å²) in [4.78, 5) is 4.97. The van der Waals surface area contributed by atoms with Crippen molar-refractivity contribution >= 4 is 35.9 Å². The third-order valence-electron chi connectivity index (χ3n) is 5.87. The van der Waals surface area contributed by atoms with Gasteiger partial charge in [0.2, 0.25) is 0 Å². The van der Waals surface area contributed by atoms with Crippen LogP contribution in [0.25, 0.3) is 22.0 Å². The Balaban J connectivity index is 1.99. The first-order valence-electron chi connectivity index (χ1n) is 11.9. The fraction of sp³-hybridized carbons (Fsp3) is 0.464. The molecule has 1 heterocycles. The summed E-state index contributed by atoms with van der Waals surface area (Å²) in [6, 6.07) is 15.8. The van der Waals surface area contributed by atoms with Gasteiger partial charge in [-0.15, -0.1) is 0 Å². The fourth-order valence-corrected chi connectivity index (χ4v) is 5.01. The molecule has 0 amide bonds. The number of halogens is 1. The lowest BCUT2D eigenvalue weighted by molar-refractivity contribution is 0.315. The summed E-state index contributed by atoms with van der Waals surface area (Å²) >= 11 is 3.82. The first-order valence-corrected chi connectivity index (χ1v) is 15.5. The van der Waals surface area contributed by atoms with Gasteiger partial charge < -0.3 is 4.43 Å². The molecule has 0 spiro atoms. The average Bonchev–Trinajstić information content (AvgIpc) is 2.71. The number of fused-ring (bicyclic) bond motifs is 1. The molecule has 0 N–H and O–H groups in total. The second kappa shape index (κ2) is 10.6. The number of aryl methyl sites for hydroxylation is 1. The predicted octanol–water partition coefficient (Wildman–Crippen LogP) is 8.44. The molecule has 4 heteroatoms. The molecule has 0 radical (unpaired) electrons. The van der Waals surface area contributed by atoms with Gasteiger partial charge in [0.25, 0.3) is 0 Å². The lowest BCUT2D eigenvalue weighted by atomic mass is 9.84. The molecule has 3 rings (SSSR count). The van der Waals surface area contributed by atoms with E-state index in [0.717, 1.165) is 22.3 Å². The van der Waals surface area contributed by atoms with Crippen LogP contribution in [0, 0.1) is 5.92 Å². The quantitative estimate of drug-likeness (QED) is 0.283. The summed E-state index contributed by atoms with van der Waals surface area (Å²) < 4.78 is 7.22. The number of pyridine rings is 1. The van der Waals surface area contributed by atoms with Gasteiger partial charge in [0.15, 0.2) is 9.04 Å². The first kappa shape index (κ1) is 25.1. The maximum absolute atomic E-state index is 6.16. The summed E-state index contributed by atoms with van der Waals surface area (Å²) in [5.74, 6) is 0.742. The highest BCUT2D eigenvalue weighted by Gasteiger charge is 2.17. The Morgan fingerprint density at radius 2 is 1.78 bits per heavy atom. The SMILES string of the molecule is CC(C)CCCc1ccc2cc(-c3ccc(C(C)(C)C)cc3CO[SiH](C)C)cc(Br)c2n1. The van der Waals surface area contributed by atoms with Gasteiger partial charge in [-0.25, -0.2) is 0 Å².